The molecule has 2 amide bonds. The molecule has 2 aromatic carbocycles. The minimum absolute atomic E-state index is 0.0856. The molecule has 0 saturated carbocycles. The summed E-state index contributed by atoms with van der Waals surface area (Å²) in [5.41, 5.74) is 3.71. The van der Waals surface area contributed by atoms with E-state index in [2.05, 4.69) is 10.6 Å². The molecule has 6 nitrogen and oxygen atoms in total. The molecular weight excluding hydrogens is 434 g/mol. The number of hydrogen-bond donors (Lipinski definition) is 2. The summed E-state index contributed by atoms with van der Waals surface area (Å²) in [5, 5.41) is 8.50. The molecule has 0 bridgehead atoms. The Balaban J connectivity index is 1.65. The lowest BCUT2D eigenvalue weighted by atomic mass is 9.88. The van der Waals surface area contributed by atoms with E-state index in [1.54, 1.807) is 16.2 Å². The molecule has 3 aromatic rings. The van der Waals surface area contributed by atoms with Crippen LogP contribution >= 0.6 is 11.3 Å². The van der Waals surface area contributed by atoms with Gasteiger partial charge in [0.2, 0.25) is 0 Å². The van der Waals surface area contributed by atoms with Crippen molar-refractivity contribution in [2.24, 2.45) is 0 Å². The van der Waals surface area contributed by atoms with Crippen LogP contribution in [0.1, 0.15) is 37.1 Å². The summed E-state index contributed by atoms with van der Waals surface area (Å²) in [6, 6.07) is 18.2. The Labute approximate surface area is 196 Å². The molecule has 7 heteroatoms. The number of fused-ring (bicyclic) bond motifs is 1. The molecule has 1 aliphatic heterocycles. The van der Waals surface area contributed by atoms with Crippen LogP contribution in [0.25, 0.3) is 0 Å². The van der Waals surface area contributed by atoms with Gasteiger partial charge in [-0.25, -0.2) is 4.79 Å². The molecule has 2 N–H and O–H groups in total. The fourth-order valence-corrected chi connectivity index (χ4v) is 5.32. The summed E-state index contributed by atoms with van der Waals surface area (Å²) in [4.78, 5) is 29.8. The second kappa shape index (κ2) is 9.11. The number of carbonyl (C=O) groups is 2. The van der Waals surface area contributed by atoms with Crippen LogP contribution in [0.15, 0.2) is 77.3 Å². The van der Waals surface area contributed by atoms with Crippen molar-refractivity contribution in [1.29, 1.82) is 0 Å². The summed E-state index contributed by atoms with van der Waals surface area (Å²) in [5.74, 6) is 0.693. The van der Waals surface area contributed by atoms with Crippen molar-refractivity contribution in [3.63, 3.8) is 0 Å². The Kier molecular flexibility index (Phi) is 5.88. The lowest BCUT2D eigenvalue weighted by Gasteiger charge is -2.33. The van der Waals surface area contributed by atoms with Crippen molar-refractivity contribution >= 4 is 40.2 Å². The number of rotatable bonds is 4. The highest BCUT2D eigenvalue weighted by Crippen LogP contribution is 2.46. The van der Waals surface area contributed by atoms with Gasteiger partial charge in [0.15, 0.2) is 5.78 Å². The summed E-state index contributed by atoms with van der Waals surface area (Å²) in [6.45, 7) is 2.40. The Bertz CT molecular complexity index is 1220. The van der Waals surface area contributed by atoms with E-state index >= 15 is 0 Å². The Hall–Kier alpha value is -3.58. The third kappa shape index (κ3) is 4.00. The molecule has 1 atom stereocenters. The van der Waals surface area contributed by atoms with Crippen LogP contribution in [-0.4, -0.2) is 18.4 Å². The number of nitrogens with zero attached hydrogens (tertiary/aromatic N) is 1. The second-order valence-electron chi connectivity index (χ2n) is 7.96. The average molecular weight is 460 g/mol. The molecule has 0 unspecified atom stereocenters. The monoisotopic (exact) mass is 459 g/mol. The highest BCUT2D eigenvalue weighted by molar-refractivity contribution is 7.10. The van der Waals surface area contributed by atoms with E-state index in [9.17, 15) is 9.59 Å². The number of allylic oxidation sites excluding steroid dienone is 1. The van der Waals surface area contributed by atoms with E-state index in [4.69, 9.17) is 4.74 Å². The van der Waals surface area contributed by atoms with Gasteiger partial charge in [-0.1, -0.05) is 30.3 Å². The number of anilines is 3. The fraction of sp³-hybridized carbons (Fsp3) is 0.231. The third-order valence-electron chi connectivity index (χ3n) is 5.90. The van der Waals surface area contributed by atoms with Crippen LogP contribution in [0.3, 0.4) is 0 Å². The third-order valence-corrected chi connectivity index (χ3v) is 6.82. The Morgan fingerprint density at radius 3 is 2.76 bits per heavy atom. The number of benzene rings is 2. The van der Waals surface area contributed by atoms with Gasteiger partial charge in [-0.2, -0.15) is 0 Å². The highest BCUT2D eigenvalue weighted by Gasteiger charge is 2.40. The molecule has 0 radical (unpaired) electrons. The molecule has 0 saturated heterocycles. The first-order valence-electron chi connectivity index (χ1n) is 11.1. The number of para-hydroxylation sites is 4. The van der Waals surface area contributed by atoms with Gasteiger partial charge < -0.3 is 15.4 Å². The minimum Gasteiger partial charge on any atom is -0.492 e. The van der Waals surface area contributed by atoms with Crippen LogP contribution in [0.2, 0.25) is 0 Å². The first kappa shape index (κ1) is 21.3. The maximum absolute atomic E-state index is 13.9. The van der Waals surface area contributed by atoms with E-state index in [-0.39, 0.29) is 11.8 Å². The predicted molar refractivity (Wildman–Crippen MR) is 132 cm³/mol. The molecule has 1 aliphatic carbocycles. The Morgan fingerprint density at radius 2 is 1.94 bits per heavy atom. The van der Waals surface area contributed by atoms with Gasteiger partial charge in [-0.05, 0) is 55.5 Å². The summed E-state index contributed by atoms with van der Waals surface area (Å²) >= 11 is 1.55. The van der Waals surface area contributed by atoms with Gasteiger partial charge >= 0.3 is 6.03 Å². The van der Waals surface area contributed by atoms with Crippen LogP contribution < -0.4 is 20.3 Å². The van der Waals surface area contributed by atoms with Gasteiger partial charge in [0.25, 0.3) is 0 Å². The SMILES string of the molecule is CCOc1ccccc1NC(=O)N1c2ccccc2NC2=C(C(=O)CCC2)[C@H]1c1cccs1. The number of ketones is 1. The normalized spacial score (nSPS) is 17.5. The van der Waals surface area contributed by atoms with E-state index in [1.807, 2.05) is 73.0 Å². The van der Waals surface area contributed by atoms with Gasteiger partial charge in [0.05, 0.1) is 23.7 Å². The number of urea groups is 1. The first-order chi connectivity index (χ1) is 16.2. The van der Waals surface area contributed by atoms with E-state index in [0.29, 0.717) is 30.0 Å². The van der Waals surface area contributed by atoms with Crippen molar-refractivity contribution in [2.75, 3.05) is 22.1 Å². The van der Waals surface area contributed by atoms with E-state index < -0.39 is 6.04 Å². The lowest BCUT2D eigenvalue weighted by Crippen LogP contribution is -2.40. The van der Waals surface area contributed by atoms with Crippen LogP contribution in [0, 0.1) is 0 Å². The number of ether oxygens (including phenoxy) is 1. The highest BCUT2D eigenvalue weighted by atomic mass is 32.1. The van der Waals surface area contributed by atoms with Crippen LogP contribution in [-0.2, 0) is 4.79 Å². The molecular formula is C26H25N3O3S. The number of nitrogens with one attached hydrogen (secondary N) is 2. The average Bonchev–Trinajstić information content (AvgIpc) is 3.30. The smallest absolute Gasteiger partial charge is 0.327 e. The zero-order valence-electron chi connectivity index (χ0n) is 18.3. The quantitative estimate of drug-likeness (QED) is 0.476. The molecule has 2 aliphatic rings. The zero-order valence-corrected chi connectivity index (χ0v) is 19.2. The fourth-order valence-electron chi connectivity index (χ4n) is 4.50. The molecule has 33 heavy (non-hydrogen) atoms. The molecule has 0 fully saturated rings. The largest absolute Gasteiger partial charge is 0.492 e. The zero-order chi connectivity index (χ0) is 22.8. The van der Waals surface area contributed by atoms with Gasteiger partial charge in [-0.3, -0.25) is 9.69 Å². The van der Waals surface area contributed by atoms with Crippen molar-refractivity contribution in [1.82, 2.24) is 0 Å². The second-order valence-corrected chi connectivity index (χ2v) is 8.94. The van der Waals surface area contributed by atoms with E-state index in [0.717, 1.165) is 34.8 Å². The van der Waals surface area contributed by atoms with Crippen LogP contribution in [0.5, 0.6) is 5.75 Å². The number of thiophene rings is 1. The van der Waals surface area contributed by atoms with Crippen molar-refractivity contribution in [3.8, 4) is 5.75 Å². The number of amides is 2. The lowest BCUT2D eigenvalue weighted by molar-refractivity contribution is -0.116. The van der Waals surface area contributed by atoms with Crippen molar-refractivity contribution in [2.45, 2.75) is 32.2 Å². The summed E-state index contributed by atoms with van der Waals surface area (Å²) < 4.78 is 5.71. The van der Waals surface area contributed by atoms with Gasteiger partial charge in [0.1, 0.15) is 11.8 Å². The minimum atomic E-state index is -0.511. The molecule has 1 aromatic heterocycles. The maximum Gasteiger partial charge on any atom is 0.327 e. The number of carbonyl (C=O) groups excluding carboxylic acids is 2. The maximum atomic E-state index is 13.9. The van der Waals surface area contributed by atoms with E-state index in [1.165, 1.54) is 0 Å². The summed E-state index contributed by atoms with van der Waals surface area (Å²) in [7, 11) is 0. The Morgan fingerprint density at radius 1 is 1.12 bits per heavy atom. The molecule has 168 valence electrons. The predicted octanol–water partition coefficient (Wildman–Crippen LogP) is 6.36. The molecule has 0 spiro atoms. The number of hydrogen-bond acceptors (Lipinski definition) is 5. The van der Waals surface area contributed by atoms with Gasteiger partial charge in [0, 0.05) is 22.6 Å². The van der Waals surface area contributed by atoms with Crippen LogP contribution in [0.4, 0.5) is 21.9 Å². The summed E-state index contributed by atoms with van der Waals surface area (Å²) in [6.07, 6.45) is 2.07. The first-order valence-corrected chi connectivity index (χ1v) is 12.0. The van der Waals surface area contributed by atoms with Crippen molar-refractivity contribution < 1.29 is 14.3 Å². The van der Waals surface area contributed by atoms with Crippen molar-refractivity contribution in [3.05, 3.63) is 82.2 Å². The number of Topliss-reactive ketones (excluding diaryl/α,β-unsaturated/α-hetero) is 1. The molecule has 5 rings (SSSR count). The topological polar surface area (TPSA) is 70.7 Å². The van der Waals surface area contributed by atoms with Gasteiger partial charge in [-0.15, -0.1) is 11.3 Å². The molecule has 2 heterocycles. The standard InChI is InChI=1S/C26H25N3O3S/c1-2-32-22-14-6-4-10-18(22)28-26(31)29-20-12-5-3-9-17(20)27-19-11-7-13-21(30)24(19)25(29)23-15-8-16-33-23/h3-6,8-10,12,14-16,25,27H,2,7,11,13H2,1H3,(H,28,31)/t25-/m1/s1.